The Morgan fingerprint density at radius 3 is 2.22 bits per heavy atom. The zero-order valence-corrected chi connectivity index (χ0v) is 10.8. The van der Waals surface area contributed by atoms with Crippen molar-refractivity contribution in [2.45, 2.75) is 13.8 Å². The van der Waals surface area contributed by atoms with E-state index in [1.165, 1.54) is 11.8 Å². The standard InChI is InChI=1S/C15H15NO2/c1-8(2)11-6-12-9(3)16(5)15(18)14(12)7-13(11)10(4)17/h6-7H,1,3H2,2,4-5H3. The van der Waals surface area contributed by atoms with Crippen LogP contribution in [0.4, 0.5) is 0 Å². The lowest BCUT2D eigenvalue weighted by Crippen LogP contribution is -2.16. The first-order chi connectivity index (χ1) is 8.34. The number of nitrogens with zero attached hydrogens (tertiary/aromatic N) is 1. The second-order valence-electron chi connectivity index (χ2n) is 4.59. The monoisotopic (exact) mass is 241 g/mol. The molecule has 0 N–H and O–H groups in total. The summed E-state index contributed by atoms with van der Waals surface area (Å²) in [7, 11) is 1.68. The lowest BCUT2D eigenvalue weighted by molar-refractivity contribution is 0.0875. The maximum atomic E-state index is 12.0. The summed E-state index contributed by atoms with van der Waals surface area (Å²) < 4.78 is 0. The topological polar surface area (TPSA) is 37.4 Å². The van der Waals surface area contributed by atoms with Gasteiger partial charge >= 0.3 is 0 Å². The van der Waals surface area contributed by atoms with Gasteiger partial charge in [0.25, 0.3) is 5.91 Å². The molecule has 1 heterocycles. The Kier molecular flexibility index (Phi) is 2.70. The SMILES string of the molecule is C=C(C)c1cc2c(cc1C(C)=O)C(=O)N(C)C2=C. The van der Waals surface area contributed by atoms with Crippen LogP contribution in [0.5, 0.6) is 0 Å². The van der Waals surface area contributed by atoms with Gasteiger partial charge < -0.3 is 4.90 Å². The zero-order valence-electron chi connectivity index (χ0n) is 10.8. The summed E-state index contributed by atoms with van der Waals surface area (Å²) in [4.78, 5) is 25.1. The molecular weight excluding hydrogens is 226 g/mol. The van der Waals surface area contributed by atoms with E-state index < -0.39 is 0 Å². The van der Waals surface area contributed by atoms with Crippen molar-refractivity contribution in [3.05, 3.63) is 47.5 Å². The number of fused-ring (bicyclic) bond motifs is 1. The Morgan fingerprint density at radius 2 is 1.72 bits per heavy atom. The first-order valence-corrected chi connectivity index (χ1v) is 5.66. The molecular formula is C15H15NO2. The molecule has 0 spiro atoms. The summed E-state index contributed by atoms with van der Waals surface area (Å²) in [5.74, 6) is -0.186. The second-order valence-corrected chi connectivity index (χ2v) is 4.59. The number of carbonyl (C=O) groups excluding carboxylic acids is 2. The number of amides is 1. The highest BCUT2D eigenvalue weighted by atomic mass is 16.2. The van der Waals surface area contributed by atoms with E-state index in [1.54, 1.807) is 13.1 Å². The molecule has 0 saturated carbocycles. The van der Waals surface area contributed by atoms with E-state index in [1.807, 2.05) is 13.0 Å². The zero-order chi connectivity index (χ0) is 13.6. The second kappa shape index (κ2) is 3.95. The summed E-state index contributed by atoms with van der Waals surface area (Å²) >= 11 is 0. The Labute approximate surface area is 106 Å². The predicted molar refractivity (Wildman–Crippen MR) is 72.3 cm³/mol. The van der Waals surface area contributed by atoms with Crippen LogP contribution in [-0.2, 0) is 0 Å². The molecule has 1 amide bonds. The smallest absolute Gasteiger partial charge is 0.258 e. The number of hydrogen-bond acceptors (Lipinski definition) is 2. The molecule has 0 radical (unpaired) electrons. The first kappa shape index (κ1) is 12.3. The van der Waals surface area contributed by atoms with Gasteiger partial charge in [0.05, 0.1) is 0 Å². The molecule has 1 aromatic carbocycles. The van der Waals surface area contributed by atoms with Gasteiger partial charge in [-0.25, -0.2) is 0 Å². The Balaban J connectivity index is 2.76. The van der Waals surface area contributed by atoms with Crippen molar-refractivity contribution < 1.29 is 9.59 Å². The van der Waals surface area contributed by atoms with Crippen molar-refractivity contribution in [2.24, 2.45) is 0 Å². The molecule has 1 aliphatic heterocycles. The van der Waals surface area contributed by atoms with Gasteiger partial charge in [-0.2, -0.15) is 0 Å². The van der Waals surface area contributed by atoms with E-state index in [9.17, 15) is 9.59 Å². The van der Waals surface area contributed by atoms with Crippen LogP contribution in [0.1, 0.15) is 45.7 Å². The normalized spacial score (nSPS) is 13.8. The highest BCUT2D eigenvalue weighted by molar-refractivity contribution is 6.11. The number of Topliss-reactive ketones (excluding diaryl/α,β-unsaturated/α-hetero) is 1. The molecule has 18 heavy (non-hydrogen) atoms. The summed E-state index contributed by atoms with van der Waals surface area (Å²) in [5, 5.41) is 0. The predicted octanol–water partition coefficient (Wildman–Crippen LogP) is 2.98. The van der Waals surface area contributed by atoms with Crippen molar-refractivity contribution in [3.8, 4) is 0 Å². The van der Waals surface area contributed by atoms with E-state index in [2.05, 4.69) is 13.2 Å². The third kappa shape index (κ3) is 1.59. The van der Waals surface area contributed by atoms with Gasteiger partial charge in [0.1, 0.15) is 0 Å². The van der Waals surface area contributed by atoms with Crippen LogP contribution in [0.15, 0.2) is 25.3 Å². The van der Waals surface area contributed by atoms with Crippen molar-refractivity contribution in [3.63, 3.8) is 0 Å². The van der Waals surface area contributed by atoms with Crippen LogP contribution in [-0.4, -0.2) is 23.6 Å². The van der Waals surface area contributed by atoms with Crippen molar-refractivity contribution >= 4 is 23.0 Å². The van der Waals surface area contributed by atoms with Crippen LogP contribution in [0.2, 0.25) is 0 Å². The molecule has 3 heteroatoms. The van der Waals surface area contributed by atoms with E-state index in [0.717, 1.165) is 16.7 Å². The molecule has 92 valence electrons. The molecule has 0 saturated heterocycles. The quantitative estimate of drug-likeness (QED) is 0.746. The summed E-state index contributed by atoms with van der Waals surface area (Å²) in [5.41, 5.74) is 4.11. The fraction of sp³-hybridized carbons (Fsp3) is 0.200. The van der Waals surface area contributed by atoms with Crippen LogP contribution in [0.25, 0.3) is 11.3 Å². The van der Waals surface area contributed by atoms with Gasteiger partial charge in [-0.3, -0.25) is 9.59 Å². The van der Waals surface area contributed by atoms with E-state index in [4.69, 9.17) is 0 Å². The number of allylic oxidation sites excluding steroid dienone is 1. The Bertz CT molecular complexity index is 558. The Hall–Kier alpha value is -2.16. The minimum absolute atomic E-state index is 0.0660. The van der Waals surface area contributed by atoms with Crippen LogP contribution in [0, 0.1) is 0 Å². The molecule has 0 fully saturated rings. The fourth-order valence-electron chi connectivity index (χ4n) is 2.14. The molecule has 0 bridgehead atoms. The van der Waals surface area contributed by atoms with E-state index >= 15 is 0 Å². The number of ketones is 1. The van der Waals surface area contributed by atoms with E-state index in [0.29, 0.717) is 16.8 Å². The van der Waals surface area contributed by atoms with Crippen molar-refractivity contribution in [1.82, 2.24) is 4.90 Å². The van der Waals surface area contributed by atoms with E-state index in [-0.39, 0.29) is 11.7 Å². The molecule has 0 atom stereocenters. The van der Waals surface area contributed by atoms with Gasteiger partial charge in [0.2, 0.25) is 0 Å². The van der Waals surface area contributed by atoms with Gasteiger partial charge in [0.15, 0.2) is 5.78 Å². The molecule has 1 aliphatic rings. The van der Waals surface area contributed by atoms with Gasteiger partial charge in [-0.05, 0) is 31.5 Å². The minimum Gasteiger partial charge on any atom is -0.311 e. The first-order valence-electron chi connectivity index (χ1n) is 5.66. The summed E-state index contributed by atoms with van der Waals surface area (Å²) in [6.07, 6.45) is 0. The van der Waals surface area contributed by atoms with Crippen molar-refractivity contribution in [1.29, 1.82) is 0 Å². The van der Waals surface area contributed by atoms with Gasteiger partial charge in [0, 0.05) is 29.4 Å². The lowest BCUT2D eigenvalue weighted by Gasteiger charge is -2.10. The maximum absolute atomic E-state index is 12.0. The average molecular weight is 241 g/mol. The maximum Gasteiger partial charge on any atom is 0.258 e. The number of hydrogen-bond donors (Lipinski definition) is 0. The fourth-order valence-corrected chi connectivity index (χ4v) is 2.14. The minimum atomic E-state index is -0.120. The largest absolute Gasteiger partial charge is 0.311 e. The number of rotatable bonds is 2. The molecule has 2 rings (SSSR count). The van der Waals surface area contributed by atoms with Gasteiger partial charge in [-0.1, -0.05) is 18.7 Å². The molecule has 3 nitrogen and oxygen atoms in total. The molecule has 0 unspecified atom stereocenters. The highest BCUT2D eigenvalue weighted by Gasteiger charge is 2.30. The number of benzene rings is 1. The molecule has 0 aromatic heterocycles. The molecule has 0 aliphatic carbocycles. The number of carbonyl (C=O) groups is 2. The lowest BCUT2D eigenvalue weighted by atomic mass is 9.93. The Morgan fingerprint density at radius 1 is 1.17 bits per heavy atom. The summed E-state index contributed by atoms with van der Waals surface area (Å²) in [6, 6.07) is 3.48. The third-order valence-corrected chi connectivity index (χ3v) is 3.25. The average Bonchev–Trinajstić information content (AvgIpc) is 2.53. The van der Waals surface area contributed by atoms with Crippen molar-refractivity contribution in [2.75, 3.05) is 7.05 Å². The molecule has 1 aromatic rings. The van der Waals surface area contributed by atoms with Gasteiger partial charge in [-0.15, -0.1) is 0 Å². The summed E-state index contributed by atoms with van der Waals surface area (Å²) in [6.45, 7) is 11.1. The third-order valence-electron chi connectivity index (χ3n) is 3.25. The van der Waals surface area contributed by atoms with Crippen LogP contribution >= 0.6 is 0 Å². The van der Waals surface area contributed by atoms with Crippen LogP contribution in [0.3, 0.4) is 0 Å². The van der Waals surface area contributed by atoms with Crippen LogP contribution < -0.4 is 0 Å². The highest BCUT2D eigenvalue weighted by Crippen LogP contribution is 2.34.